The van der Waals surface area contributed by atoms with Gasteiger partial charge in [0.25, 0.3) is 5.91 Å². The summed E-state index contributed by atoms with van der Waals surface area (Å²) in [4.78, 5) is 28.3. The topological polar surface area (TPSA) is 106 Å². The zero-order valence-corrected chi connectivity index (χ0v) is 17.6. The van der Waals surface area contributed by atoms with Gasteiger partial charge >= 0.3 is 5.97 Å². The molecule has 2 heterocycles. The smallest absolute Gasteiger partial charge is 0.338 e. The van der Waals surface area contributed by atoms with E-state index in [9.17, 15) is 18.0 Å². The molecular formula is C18H17Cl2N3O5S. The van der Waals surface area contributed by atoms with Crippen molar-refractivity contribution in [2.45, 2.75) is 13.3 Å². The van der Waals surface area contributed by atoms with Crippen LogP contribution in [0.15, 0.2) is 30.5 Å². The quantitative estimate of drug-likeness (QED) is 0.691. The summed E-state index contributed by atoms with van der Waals surface area (Å²) in [5, 5.41) is 3.00. The molecule has 1 saturated heterocycles. The van der Waals surface area contributed by atoms with Crippen molar-refractivity contribution in [2.24, 2.45) is 0 Å². The number of benzene rings is 1. The van der Waals surface area contributed by atoms with Gasteiger partial charge in [-0.25, -0.2) is 18.2 Å². The number of amides is 1. The number of hydrogen-bond acceptors (Lipinski definition) is 6. The summed E-state index contributed by atoms with van der Waals surface area (Å²) in [5.74, 6) is -1.21. The van der Waals surface area contributed by atoms with Crippen LogP contribution in [0.25, 0.3) is 0 Å². The SMILES string of the molecule is Cc1c(Cl)cnc(NC(=O)COC(=O)c2cccc(N3CCCS3(=O)=O)c2)c1Cl. The Morgan fingerprint density at radius 3 is 2.76 bits per heavy atom. The normalized spacial score (nSPS) is 15.2. The third kappa shape index (κ3) is 4.80. The van der Waals surface area contributed by atoms with E-state index in [4.69, 9.17) is 27.9 Å². The average molecular weight is 458 g/mol. The zero-order chi connectivity index (χ0) is 21.2. The molecule has 0 unspecified atom stereocenters. The Balaban J connectivity index is 1.63. The molecule has 2 aromatic rings. The molecule has 1 aliphatic heterocycles. The molecule has 0 bridgehead atoms. The lowest BCUT2D eigenvalue weighted by Crippen LogP contribution is -2.25. The molecule has 0 spiro atoms. The Hall–Kier alpha value is -2.36. The van der Waals surface area contributed by atoms with Gasteiger partial charge in [0.1, 0.15) is 0 Å². The zero-order valence-electron chi connectivity index (χ0n) is 15.3. The number of ether oxygens (including phenoxy) is 1. The van der Waals surface area contributed by atoms with Crippen molar-refractivity contribution in [3.63, 3.8) is 0 Å². The molecule has 1 N–H and O–H groups in total. The molecule has 0 radical (unpaired) electrons. The number of aromatic nitrogens is 1. The van der Waals surface area contributed by atoms with Crippen LogP contribution in [0.4, 0.5) is 11.5 Å². The monoisotopic (exact) mass is 457 g/mol. The number of sulfonamides is 1. The lowest BCUT2D eigenvalue weighted by Gasteiger charge is -2.17. The Kier molecular flexibility index (Phi) is 6.30. The molecule has 0 atom stereocenters. The first-order valence-electron chi connectivity index (χ1n) is 8.57. The summed E-state index contributed by atoms with van der Waals surface area (Å²) in [6.07, 6.45) is 1.88. The van der Waals surface area contributed by atoms with Crippen molar-refractivity contribution >= 4 is 56.6 Å². The van der Waals surface area contributed by atoms with Gasteiger partial charge in [-0.05, 0) is 37.1 Å². The summed E-state index contributed by atoms with van der Waals surface area (Å²) >= 11 is 12.0. The molecule has 0 aliphatic carbocycles. The Bertz CT molecular complexity index is 1080. The molecule has 1 aromatic carbocycles. The standard InChI is InChI=1S/C18H17Cl2N3O5S/c1-11-14(19)9-21-17(16(11)20)22-15(24)10-28-18(25)12-4-2-5-13(8-12)23-6-3-7-29(23,26)27/h2,4-5,8-9H,3,6-7,10H2,1H3,(H,21,22,24). The van der Waals surface area contributed by atoms with Gasteiger partial charge in [0.2, 0.25) is 10.0 Å². The fourth-order valence-corrected chi connectivity index (χ4v) is 4.69. The van der Waals surface area contributed by atoms with E-state index < -0.39 is 28.5 Å². The molecule has 1 amide bonds. The van der Waals surface area contributed by atoms with Gasteiger partial charge in [-0.15, -0.1) is 0 Å². The summed E-state index contributed by atoms with van der Waals surface area (Å²) < 4.78 is 30.3. The highest BCUT2D eigenvalue weighted by atomic mass is 35.5. The number of anilines is 2. The first kappa shape index (κ1) is 21.4. The molecule has 29 heavy (non-hydrogen) atoms. The van der Waals surface area contributed by atoms with Crippen LogP contribution in [0.3, 0.4) is 0 Å². The largest absolute Gasteiger partial charge is 0.452 e. The van der Waals surface area contributed by atoms with Crippen molar-refractivity contribution < 1.29 is 22.7 Å². The fourth-order valence-electron chi connectivity index (χ4n) is 2.74. The number of halogens is 2. The van der Waals surface area contributed by atoms with Gasteiger partial charge in [-0.3, -0.25) is 9.10 Å². The van der Waals surface area contributed by atoms with E-state index in [-0.39, 0.29) is 22.2 Å². The predicted molar refractivity (Wildman–Crippen MR) is 110 cm³/mol. The molecular weight excluding hydrogens is 441 g/mol. The van der Waals surface area contributed by atoms with E-state index in [0.717, 1.165) is 0 Å². The van der Waals surface area contributed by atoms with Gasteiger partial charge in [0, 0.05) is 12.7 Å². The number of rotatable bonds is 5. The highest BCUT2D eigenvalue weighted by Crippen LogP contribution is 2.28. The molecule has 0 saturated carbocycles. The van der Waals surface area contributed by atoms with Crippen LogP contribution in [0, 0.1) is 6.92 Å². The number of nitrogens with zero attached hydrogens (tertiary/aromatic N) is 2. The fraction of sp³-hybridized carbons (Fsp3) is 0.278. The van der Waals surface area contributed by atoms with E-state index in [1.165, 1.54) is 22.6 Å². The van der Waals surface area contributed by atoms with Crippen molar-refractivity contribution in [2.75, 3.05) is 28.5 Å². The van der Waals surface area contributed by atoms with Gasteiger partial charge in [0.15, 0.2) is 12.4 Å². The maximum absolute atomic E-state index is 12.3. The third-order valence-electron chi connectivity index (χ3n) is 4.26. The number of pyridine rings is 1. The third-order valence-corrected chi connectivity index (χ3v) is 6.98. The molecule has 1 aliphatic rings. The number of hydrogen-bond donors (Lipinski definition) is 1. The minimum Gasteiger partial charge on any atom is -0.452 e. The van der Waals surface area contributed by atoms with E-state index in [1.54, 1.807) is 19.1 Å². The molecule has 11 heteroatoms. The molecule has 1 fully saturated rings. The van der Waals surface area contributed by atoms with Gasteiger partial charge in [-0.2, -0.15) is 0 Å². The van der Waals surface area contributed by atoms with E-state index >= 15 is 0 Å². The summed E-state index contributed by atoms with van der Waals surface area (Å²) in [7, 11) is -3.37. The first-order valence-corrected chi connectivity index (χ1v) is 10.9. The molecule has 1 aromatic heterocycles. The number of nitrogens with one attached hydrogen (secondary N) is 1. The lowest BCUT2D eigenvalue weighted by atomic mass is 10.2. The second kappa shape index (κ2) is 8.56. The molecule has 154 valence electrons. The lowest BCUT2D eigenvalue weighted by molar-refractivity contribution is -0.119. The maximum Gasteiger partial charge on any atom is 0.338 e. The Labute approximate surface area is 177 Å². The van der Waals surface area contributed by atoms with Crippen LogP contribution in [-0.2, 0) is 19.6 Å². The molecule has 8 nitrogen and oxygen atoms in total. The summed E-state index contributed by atoms with van der Waals surface area (Å²) in [5.41, 5.74) is 1.08. The highest BCUT2D eigenvalue weighted by molar-refractivity contribution is 7.93. The number of carbonyl (C=O) groups excluding carboxylic acids is 2. The number of esters is 1. The van der Waals surface area contributed by atoms with Crippen LogP contribution < -0.4 is 9.62 Å². The summed E-state index contributed by atoms with van der Waals surface area (Å²) in [6.45, 7) is 1.47. The first-order chi connectivity index (χ1) is 13.7. The molecule has 3 rings (SSSR count). The van der Waals surface area contributed by atoms with Crippen LogP contribution in [-0.4, -0.2) is 44.2 Å². The highest BCUT2D eigenvalue weighted by Gasteiger charge is 2.28. The average Bonchev–Trinajstić information content (AvgIpc) is 3.05. The summed E-state index contributed by atoms with van der Waals surface area (Å²) in [6, 6.07) is 6.06. The van der Waals surface area contributed by atoms with Crippen molar-refractivity contribution in [3.05, 3.63) is 51.6 Å². The Morgan fingerprint density at radius 1 is 1.31 bits per heavy atom. The van der Waals surface area contributed by atoms with Crippen LogP contribution >= 0.6 is 23.2 Å². The van der Waals surface area contributed by atoms with Gasteiger partial charge in [-0.1, -0.05) is 29.3 Å². The van der Waals surface area contributed by atoms with Gasteiger partial charge in [0.05, 0.1) is 27.0 Å². The van der Waals surface area contributed by atoms with Crippen molar-refractivity contribution in [3.8, 4) is 0 Å². The van der Waals surface area contributed by atoms with Crippen LogP contribution in [0.5, 0.6) is 0 Å². The van der Waals surface area contributed by atoms with Crippen molar-refractivity contribution in [1.82, 2.24) is 4.98 Å². The minimum absolute atomic E-state index is 0.0720. The maximum atomic E-state index is 12.3. The second-order valence-electron chi connectivity index (χ2n) is 6.31. The second-order valence-corrected chi connectivity index (χ2v) is 9.11. The van der Waals surface area contributed by atoms with Crippen LogP contribution in [0.2, 0.25) is 10.0 Å². The van der Waals surface area contributed by atoms with Crippen LogP contribution in [0.1, 0.15) is 22.3 Å². The van der Waals surface area contributed by atoms with Gasteiger partial charge < -0.3 is 10.1 Å². The Morgan fingerprint density at radius 2 is 2.07 bits per heavy atom. The van der Waals surface area contributed by atoms with E-state index in [1.807, 2.05) is 0 Å². The van der Waals surface area contributed by atoms with E-state index in [0.29, 0.717) is 29.2 Å². The van der Waals surface area contributed by atoms with Crippen molar-refractivity contribution in [1.29, 1.82) is 0 Å². The predicted octanol–water partition coefficient (Wildman–Crippen LogP) is 3.03. The number of carbonyl (C=O) groups is 2. The van der Waals surface area contributed by atoms with E-state index in [2.05, 4.69) is 10.3 Å². The minimum atomic E-state index is -3.37.